The molecule has 1 saturated heterocycles. The molecule has 0 aromatic rings. The van der Waals surface area contributed by atoms with E-state index < -0.39 is 0 Å². The van der Waals surface area contributed by atoms with Gasteiger partial charge in [0, 0.05) is 5.57 Å². The molecule has 2 rings (SSSR count). The molecule has 3 heteroatoms. The number of carbonyl (C=O) groups is 1. The van der Waals surface area contributed by atoms with Crippen molar-refractivity contribution < 1.29 is 14.3 Å². The molecule has 0 bridgehead atoms. The summed E-state index contributed by atoms with van der Waals surface area (Å²) >= 11 is 0. The van der Waals surface area contributed by atoms with E-state index in [0.717, 1.165) is 18.8 Å². The van der Waals surface area contributed by atoms with E-state index in [-0.39, 0.29) is 5.97 Å². The van der Waals surface area contributed by atoms with Gasteiger partial charge in [-0.25, -0.2) is 4.79 Å². The first-order chi connectivity index (χ1) is 8.66. The Morgan fingerprint density at radius 3 is 2.83 bits per heavy atom. The van der Waals surface area contributed by atoms with Crippen LogP contribution in [0.5, 0.6) is 0 Å². The van der Waals surface area contributed by atoms with Gasteiger partial charge in [0.1, 0.15) is 0 Å². The minimum absolute atomic E-state index is 0.265. The lowest BCUT2D eigenvalue weighted by Gasteiger charge is -2.18. The summed E-state index contributed by atoms with van der Waals surface area (Å²) < 4.78 is 10.6. The summed E-state index contributed by atoms with van der Waals surface area (Å²) in [4.78, 5) is 11.1. The maximum atomic E-state index is 11.1. The molecular weight excluding hydrogens is 228 g/mol. The van der Waals surface area contributed by atoms with Crippen molar-refractivity contribution in [1.29, 1.82) is 0 Å². The van der Waals surface area contributed by atoms with Gasteiger partial charge in [-0.3, -0.25) is 0 Å². The molecule has 0 aromatic carbocycles. The van der Waals surface area contributed by atoms with E-state index in [1.165, 1.54) is 32.1 Å². The number of fused-ring (bicyclic) bond motifs is 1. The molecule has 2 fully saturated rings. The first-order valence-electron chi connectivity index (χ1n) is 7.15. The third kappa shape index (κ3) is 4.13. The summed E-state index contributed by atoms with van der Waals surface area (Å²) in [7, 11) is 0. The number of esters is 1. The predicted octanol–water partition coefficient (Wildman–Crippen LogP) is 3.23. The highest BCUT2D eigenvalue weighted by atomic mass is 16.6. The van der Waals surface area contributed by atoms with Crippen molar-refractivity contribution in [2.24, 2.45) is 5.92 Å². The molecule has 0 radical (unpaired) electrons. The molecule has 1 saturated carbocycles. The monoisotopic (exact) mass is 252 g/mol. The van der Waals surface area contributed by atoms with Gasteiger partial charge >= 0.3 is 5.97 Å². The number of rotatable bonds is 7. The molecule has 1 aliphatic carbocycles. The van der Waals surface area contributed by atoms with Crippen LogP contribution in [0.4, 0.5) is 0 Å². The second-order valence-corrected chi connectivity index (χ2v) is 5.66. The topological polar surface area (TPSA) is 38.8 Å². The van der Waals surface area contributed by atoms with Crippen LogP contribution in [0, 0.1) is 5.92 Å². The quantitative estimate of drug-likeness (QED) is 0.302. The first kappa shape index (κ1) is 13.6. The fourth-order valence-electron chi connectivity index (χ4n) is 2.75. The van der Waals surface area contributed by atoms with E-state index in [4.69, 9.17) is 9.47 Å². The van der Waals surface area contributed by atoms with Gasteiger partial charge in [-0.2, -0.15) is 0 Å². The van der Waals surface area contributed by atoms with Crippen molar-refractivity contribution in [3.05, 3.63) is 12.2 Å². The molecular formula is C15H24O3. The van der Waals surface area contributed by atoms with E-state index in [1.54, 1.807) is 6.92 Å². The Balaban J connectivity index is 1.44. The van der Waals surface area contributed by atoms with Crippen LogP contribution in [0.3, 0.4) is 0 Å². The number of hydrogen-bond acceptors (Lipinski definition) is 3. The maximum absolute atomic E-state index is 11.1. The maximum Gasteiger partial charge on any atom is 0.333 e. The van der Waals surface area contributed by atoms with E-state index in [2.05, 4.69) is 6.58 Å². The van der Waals surface area contributed by atoms with Crippen molar-refractivity contribution in [3.8, 4) is 0 Å². The Bertz CT molecular complexity index is 311. The van der Waals surface area contributed by atoms with Gasteiger partial charge in [0.2, 0.25) is 0 Å². The Morgan fingerprint density at radius 1 is 1.28 bits per heavy atom. The third-order valence-corrected chi connectivity index (χ3v) is 3.95. The lowest BCUT2D eigenvalue weighted by molar-refractivity contribution is -0.139. The molecule has 0 amide bonds. The average Bonchev–Trinajstić information content (AvgIpc) is 3.11. The van der Waals surface area contributed by atoms with Gasteiger partial charge < -0.3 is 9.47 Å². The first-order valence-corrected chi connectivity index (χ1v) is 7.15. The number of ether oxygens (including phenoxy) is 2. The largest absolute Gasteiger partial charge is 0.462 e. The Morgan fingerprint density at radius 2 is 2.11 bits per heavy atom. The second-order valence-electron chi connectivity index (χ2n) is 5.66. The fraction of sp³-hybridized carbons (Fsp3) is 0.800. The van der Waals surface area contributed by atoms with Crippen molar-refractivity contribution in [2.75, 3.05) is 6.61 Å². The number of hydrogen-bond donors (Lipinski definition) is 0. The summed E-state index contributed by atoms with van der Waals surface area (Å²) in [5.41, 5.74) is 0.483. The normalized spacial score (nSPS) is 29.5. The van der Waals surface area contributed by atoms with Gasteiger partial charge in [-0.1, -0.05) is 25.8 Å². The molecule has 3 nitrogen and oxygen atoms in total. The zero-order valence-corrected chi connectivity index (χ0v) is 11.3. The zero-order valence-electron chi connectivity index (χ0n) is 11.3. The molecule has 3 atom stereocenters. The summed E-state index contributed by atoms with van der Waals surface area (Å²) in [5.74, 6) is 0.603. The van der Waals surface area contributed by atoms with Gasteiger partial charge in [0.15, 0.2) is 0 Å². The molecule has 1 heterocycles. The standard InChI is InChI=1S/C15H24O3/c1-11(2)15(16)17-9-5-3-4-6-12-7-8-13-14(10-12)18-13/h12-14H,1,3-10H2,2H3. The van der Waals surface area contributed by atoms with Crippen LogP contribution in [0.15, 0.2) is 12.2 Å². The van der Waals surface area contributed by atoms with Crippen LogP contribution < -0.4 is 0 Å². The highest BCUT2D eigenvalue weighted by molar-refractivity contribution is 5.86. The summed E-state index contributed by atoms with van der Waals surface area (Å²) in [6.07, 6.45) is 9.76. The number of epoxide rings is 1. The van der Waals surface area contributed by atoms with Gasteiger partial charge in [-0.15, -0.1) is 0 Å². The van der Waals surface area contributed by atoms with Gasteiger partial charge in [-0.05, 0) is 38.5 Å². The van der Waals surface area contributed by atoms with Crippen LogP contribution in [-0.2, 0) is 14.3 Å². The van der Waals surface area contributed by atoms with Crippen LogP contribution in [0.25, 0.3) is 0 Å². The second kappa shape index (κ2) is 6.37. The Hall–Kier alpha value is -0.830. The molecule has 0 spiro atoms. The summed E-state index contributed by atoms with van der Waals surface area (Å²) in [6, 6.07) is 0. The molecule has 102 valence electrons. The fourth-order valence-corrected chi connectivity index (χ4v) is 2.75. The average molecular weight is 252 g/mol. The number of unbranched alkanes of at least 4 members (excludes halogenated alkanes) is 2. The van der Waals surface area contributed by atoms with E-state index in [1.807, 2.05) is 0 Å². The van der Waals surface area contributed by atoms with E-state index in [0.29, 0.717) is 24.4 Å². The minimum atomic E-state index is -0.265. The van der Waals surface area contributed by atoms with E-state index >= 15 is 0 Å². The lowest BCUT2D eigenvalue weighted by Crippen LogP contribution is -2.13. The highest BCUT2D eigenvalue weighted by Crippen LogP contribution is 2.41. The molecule has 0 N–H and O–H groups in total. The van der Waals surface area contributed by atoms with Crippen molar-refractivity contribution in [1.82, 2.24) is 0 Å². The van der Waals surface area contributed by atoms with Crippen LogP contribution >= 0.6 is 0 Å². The van der Waals surface area contributed by atoms with Crippen molar-refractivity contribution in [3.63, 3.8) is 0 Å². The molecule has 3 unspecified atom stereocenters. The minimum Gasteiger partial charge on any atom is -0.462 e. The lowest BCUT2D eigenvalue weighted by atomic mass is 9.86. The Labute approximate surface area is 110 Å². The summed E-state index contributed by atoms with van der Waals surface area (Å²) in [5, 5.41) is 0. The molecule has 2 aliphatic rings. The summed E-state index contributed by atoms with van der Waals surface area (Å²) in [6.45, 7) is 5.77. The molecule has 1 aliphatic heterocycles. The van der Waals surface area contributed by atoms with Gasteiger partial charge in [0.25, 0.3) is 0 Å². The van der Waals surface area contributed by atoms with Crippen LogP contribution in [0.1, 0.15) is 51.9 Å². The van der Waals surface area contributed by atoms with Crippen molar-refractivity contribution in [2.45, 2.75) is 64.1 Å². The SMILES string of the molecule is C=C(C)C(=O)OCCCCCC1CCC2OC2C1. The third-order valence-electron chi connectivity index (χ3n) is 3.95. The number of carbonyl (C=O) groups excluding carboxylic acids is 1. The Kier molecular flexibility index (Phi) is 4.81. The molecule has 18 heavy (non-hydrogen) atoms. The smallest absolute Gasteiger partial charge is 0.333 e. The van der Waals surface area contributed by atoms with Crippen LogP contribution in [-0.4, -0.2) is 24.8 Å². The highest BCUT2D eigenvalue weighted by Gasteiger charge is 2.43. The molecule has 0 aromatic heterocycles. The predicted molar refractivity (Wildman–Crippen MR) is 70.2 cm³/mol. The van der Waals surface area contributed by atoms with Gasteiger partial charge in [0.05, 0.1) is 18.8 Å². The zero-order chi connectivity index (χ0) is 13.0. The van der Waals surface area contributed by atoms with Crippen molar-refractivity contribution >= 4 is 5.97 Å². The van der Waals surface area contributed by atoms with Crippen LogP contribution in [0.2, 0.25) is 0 Å². The van der Waals surface area contributed by atoms with E-state index in [9.17, 15) is 4.79 Å².